The molecule has 1 aliphatic heterocycles. The normalized spacial score (nSPS) is 18.0. The van der Waals surface area contributed by atoms with Crippen molar-refractivity contribution < 1.29 is 22.7 Å². The molecule has 6 N–H and O–H groups in total. The van der Waals surface area contributed by atoms with Crippen molar-refractivity contribution in [2.45, 2.75) is 62.2 Å². The topological polar surface area (TPSA) is 160 Å². The van der Waals surface area contributed by atoms with Gasteiger partial charge in [0.1, 0.15) is 0 Å². The van der Waals surface area contributed by atoms with Crippen LogP contribution in [0.2, 0.25) is 0 Å². The van der Waals surface area contributed by atoms with Crippen LogP contribution in [0.3, 0.4) is 0 Å². The van der Waals surface area contributed by atoms with Gasteiger partial charge in [-0.1, -0.05) is 74.5 Å². The van der Waals surface area contributed by atoms with E-state index < -0.39 is 46.1 Å². The van der Waals surface area contributed by atoms with Crippen LogP contribution in [0.1, 0.15) is 44.2 Å². The van der Waals surface area contributed by atoms with Gasteiger partial charge in [0.05, 0.1) is 30.1 Å². The highest BCUT2D eigenvalue weighted by Gasteiger charge is 2.41. The predicted octanol–water partition coefficient (Wildman–Crippen LogP) is 3.38. The highest BCUT2D eigenvalue weighted by Crippen LogP contribution is 2.29. The van der Waals surface area contributed by atoms with Gasteiger partial charge in [0.2, 0.25) is 15.9 Å². The average molecular weight is 665 g/mol. The molecule has 0 radical (unpaired) electrons. The van der Waals surface area contributed by atoms with Crippen molar-refractivity contribution in [3.05, 3.63) is 96.1 Å². The molecule has 254 valence electrons. The lowest BCUT2D eigenvalue weighted by atomic mass is 9.84. The lowest BCUT2D eigenvalue weighted by Gasteiger charge is -2.35. The summed E-state index contributed by atoms with van der Waals surface area (Å²) in [6, 6.07) is 22.8. The number of nitrogens with two attached hydrogens (primary N) is 2. The van der Waals surface area contributed by atoms with Crippen LogP contribution in [0.5, 0.6) is 0 Å². The number of hydrogen-bond donors (Lipinski definition) is 4. The van der Waals surface area contributed by atoms with Crippen molar-refractivity contribution >= 4 is 27.7 Å². The fourth-order valence-corrected chi connectivity index (χ4v) is 7.70. The van der Waals surface area contributed by atoms with Crippen molar-refractivity contribution in [2.75, 3.05) is 39.0 Å². The minimum absolute atomic E-state index is 0.178. The molecule has 1 heterocycles. The first-order valence-electron chi connectivity index (χ1n) is 16.0. The van der Waals surface area contributed by atoms with Crippen molar-refractivity contribution in [1.29, 1.82) is 0 Å². The summed E-state index contributed by atoms with van der Waals surface area (Å²) in [5.41, 5.74) is 14.7. The van der Waals surface area contributed by atoms with Gasteiger partial charge in [-0.2, -0.15) is 4.31 Å². The molecule has 3 aromatic rings. The first kappa shape index (κ1) is 36.0. The largest absolute Gasteiger partial charge is 0.452 e. The number of nitrogen functional groups attached to an aromatic ring is 1. The maximum atomic E-state index is 14.1. The van der Waals surface area contributed by atoms with E-state index in [4.69, 9.17) is 16.2 Å². The monoisotopic (exact) mass is 664 g/mol. The summed E-state index contributed by atoms with van der Waals surface area (Å²) in [4.78, 5) is 28.4. The molecule has 2 amide bonds. The zero-order chi connectivity index (χ0) is 34.1. The van der Waals surface area contributed by atoms with Gasteiger partial charge in [-0.05, 0) is 54.7 Å². The molecule has 0 bridgehead atoms. The van der Waals surface area contributed by atoms with E-state index in [-0.39, 0.29) is 17.5 Å². The zero-order valence-electron chi connectivity index (χ0n) is 27.6. The third kappa shape index (κ3) is 8.76. The minimum Gasteiger partial charge on any atom is -0.452 e. The first-order chi connectivity index (χ1) is 22.4. The number of anilines is 1. The molecule has 1 saturated heterocycles. The van der Waals surface area contributed by atoms with E-state index in [2.05, 4.69) is 24.5 Å². The molecular formula is C35H48N6O5S. The van der Waals surface area contributed by atoms with E-state index >= 15 is 0 Å². The summed E-state index contributed by atoms with van der Waals surface area (Å²) in [6.07, 6.45) is -0.134. The van der Waals surface area contributed by atoms with Crippen LogP contribution in [0.4, 0.5) is 10.5 Å². The van der Waals surface area contributed by atoms with Gasteiger partial charge in [-0.3, -0.25) is 4.79 Å². The summed E-state index contributed by atoms with van der Waals surface area (Å²) >= 11 is 0. The summed E-state index contributed by atoms with van der Waals surface area (Å²) in [5, 5.41) is 6.77. The van der Waals surface area contributed by atoms with Crippen LogP contribution in [-0.2, 0) is 19.6 Å². The summed E-state index contributed by atoms with van der Waals surface area (Å²) in [7, 11) is -2.62. The third-order valence-electron chi connectivity index (χ3n) is 8.65. The van der Waals surface area contributed by atoms with Crippen molar-refractivity contribution in [3.8, 4) is 0 Å². The molecule has 0 aromatic heterocycles. The number of sulfonamides is 1. The Bertz CT molecular complexity index is 1520. The second kappa shape index (κ2) is 16.3. The molecule has 11 nitrogen and oxygen atoms in total. The molecule has 47 heavy (non-hydrogen) atoms. The highest BCUT2D eigenvalue weighted by molar-refractivity contribution is 7.89. The van der Waals surface area contributed by atoms with Gasteiger partial charge in [-0.25, -0.2) is 18.1 Å². The van der Waals surface area contributed by atoms with Crippen LogP contribution in [0.15, 0.2) is 89.8 Å². The van der Waals surface area contributed by atoms with E-state index in [0.29, 0.717) is 37.7 Å². The first-order valence-corrected chi connectivity index (χ1v) is 17.5. The maximum absolute atomic E-state index is 14.1. The third-order valence-corrected chi connectivity index (χ3v) is 10.6. The number of methoxy groups -OCH3 is 1. The Morgan fingerprint density at radius 2 is 1.51 bits per heavy atom. The second-order valence-electron chi connectivity index (χ2n) is 12.5. The van der Waals surface area contributed by atoms with Crippen LogP contribution in [0.25, 0.3) is 0 Å². The molecule has 4 atom stereocenters. The van der Waals surface area contributed by atoms with Gasteiger partial charge in [0.25, 0.3) is 0 Å². The Morgan fingerprint density at radius 3 is 2.04 bits per heavy atom. The fraction of sp³-hybridized carbons (Fsp3) is 0.429. The number of nitrogens with zero attached hydrogens (tertiary/aromatic N) is 2. The number of hydrogen-bond acceptors (Lipinski definition) is 9. The van der Waals surface area contributed by atoms with Gasteiger partial charge < -0.3 is 26.8 Å². The van der Waals surface area contributed by atoms with Crippen molar-refractivity contribution in [3.63, 3.8) is 0 Å². The number of benzene rings is 3. The number of carbonyl (C=O) groups is 2. The van der Waals surface area contributed by atoms with Crippen LogP contribution < -0.4 is 22.1 Å². The number of rotatable bonds is 14. The molecule has 4 rings (SSSR count). The lowest BCUT2D eigenvalue weighted by Crippen LogP contribution is -2.57. The molecule has 1 aliphatic rings. The Labute approximate surface area is 278 Å². The summed E-state index contributed by atoms with van der Waals surface area (Å²) in [5.74, 6) is -0.789. The molecule has 0 aliphatic carbocycles. The number of imide groups is 1. The number of ether oxygens (including phenoxy) is 1. The van der Waals surface area contributed by atoms with Gasteiger partial charge in [0, 0.05) is 43.8 Å². The van der Waals surface area contributed by atoms with Crippen LogP contribution in [0, 0.1) is 5.92 Å². The fourth-order valence-electron chi connectivity index (χ4n) is 6.03. The smallest absolute Gasteiger partial charge is 0.416 e. The number of amides is 2. The van der Waals surface area contributed by atoms with Crippen molar-refractivity contribution in [1.82, 2.24) is 19.8 Å². The molecule has 0 saturated carbocycles. The van der Waals surface area contributed by atoms with Gasteiger partial charge >= 0.3 is 6.09 Å². The number of carbonyl (C=O) groups excluding carboxylic acids is 2. The predicted molar refractivity (Wildman–Crippen MR) is 184 cm³/mol. The molecule has 3 aromatic carbocycles. The molecule has 0 spiro atoms. The van der Waals surface area contributed by atoms with E-state index in [1.165, 1.54) is 19.2 Å². The van der Waals surface area contributed by atoms with Crippen LogP contribution >= 0.6 is 0 Å². The Balaban J connectivity index is 1.55. The van der Waals surface area contributed by atoms with E-state index in [1.54, 1.807) is 23.4 Å². The van der Waals surface area contributed by atoms with Crippen LogP contribution in [-0.4, -0.2) is 87.1 Å². The van der Waals surface area contributed by atoms with Crippen molar-refractivity contribution in [2.24, 2.45) is 11.7 Å². The molecule has 12 heteroatoms. The van der Waals surface area contributed by atoms with Gasteiger partial charge in [-0.15, -0.1) is 0 Å². The average Bonchev–Trinajstić information content (AvgIpc) is 3.52. The highest BCUT2D eigenvalue weighted by atomic mass is 32.2. The molecule has 1 fully saturated rings. The Hall–Kier alpha value is -3.81. The quantitative estimate of drug-likeness (QED) is 0.190. The Morgan fingerprint density at radius 1 is 0.936 bits per heavy atom. The van der Waals surface area contributed by atoms with Gasteiger partial charge in [0.15, 0.2) is 0 Å². The number of nitrogens with one attached hydrogen (secondary N) is 2. The molecular weight excluding hydrogens is 616 g/mol. The lowest BCUT2D eigenvalue weighted by molar-refractivity contribution is -0.132. The SMILES string of the molecule is COC(=O)N(C(=O)[C@@H](N)C(c1ccccc1)c1ccccc1)[C@@H](C)CN[C@@H]1CNC[C@H]1N(CCC(C)C)S(=O)(=O)c1ccc(N)cc1. The standard InChI is InChI=1S/C35H48N6O5S/c1-24(2)19-20-40(47(44,45)29-17-15-28(36)16-18-29)31-23-38-22-30(31)39-21-25(3)41(35(43)46-4)34(42)33(37)32(26-11-7-5-8-12-26)27-13-9-6-10-14-27/h5-18,24-25,30-33,38-39H,19-23,36-37H2,1-4H3/t25-,30+,31+,33-/m0/s1. The van der Waals surface area contributed by atoms with E-state index in [1.807, 2.05) is 60.7 Å². The molecule has 0 unspecified atom stereocenters. The summed E-state index contributed by atoms with van der Waals surface area (Å²) < 4.78 is 34.5. The summed E-state index contributed by atoms with van der Waals surface area (Å²) in [6.45, 7) is 7.34. The Kier molecular flexibility index (Phi) is 12.5. The maximum Gasteiger partial charge on any atom is 0.416 e. The van der Waals surface area contributed by atoms with E-state index in [9.17, 15) is 18.0 Å². The minimum atomic E-state index is -3.85. The van der Waals surface area contributed by atoms with E-state index in [0.717, 1.165) is 16.0 Å². The second-order valence-corrected chi connectivity index (χ2v) is 14.4. The zero-order valence-corrected chi connectivity index (χ0v) is 28.4.